The number of carboxylic acids is 1. The Bertz CT molecular complexity index is 1100. The van der Waals surface area contributed by atoms with Gasteiger partial charge in [0, 0.05) is 18.2 Å². The molecule has 2 aromatic heterocycles. The van der Waals surface area contributed by atoms with Crippen LogP contribution in [0.5, 0.6) is 0 Å². The number of imidazole rings is 1. The van der Waals surface area contributed by atoms with Crippen molar-refractivity contribution >= 4 is 22.4 Å². The molecule has 0 unspecified atom stereocenters. The van der Waals surface area contributed by atoms with Crippen molar-refractivity contribution in [2.45, 2.75) is 19.8 Å². The third-order valence-corrected chi connectivity index (χ3v) is 4.46. The molecule has 4 rings (SSSR count). The Morgan fingerprint density at radius 3 is 2.68 bits per heavy atom. The lowest BCUT2D eigenvalue weighted by molar-refractivity contribution is -0.136. The van der Waals surface area contributed by atoms with Gasteiger partial charge in [-0.3, -0.25) is 4.79 Å². The number of benzene rings is 2. The summed E-state index contributed by atoms with van der Waals surface area (Å²) in [5.41, 5.74) is 4.77. The van der Waals surface area contributed by atoms with Gasteiger partial charge < -0.3 is 9.51 Å². The Morgan fingerprint density at radius 2 is 1.88 bits per heavy atom. The van der Waals surface area contributed by atoms with E-state index in [9.17, 15) is 4.79 Å². The molecule has 0 amide bonds. The summed E-state index contributed by atoms with van der Waals surface area (Å²) in [7, 11) is 0. The van der Waals surface area contributed by atoms with Crippen LogP contribution in [0.25, 0.3) is 27.7 Å². The Labute approximate surface area is 145 Å². The van der Waals surface area contributed by atoms with Gasteiger partial charge in [-0.2, -0.15) is 0 Å². The van der Waals surface area contributed by atoms with E-state index in [0.29, 0.717) is 6.42 Å². The summed E-state index contributed by atoms with van der Waals surface area (Å²) in [5, 5.41) is 11.4. The Hall–Kier alpha value is -3.14. The second-order valence-corrected chi connectivity index (χ2v) is 6.30. The van der Waals surface area contributed by atoms with Crippen molar-refractivity contribution in [3.05, 3.63) is 72.1 Å². The summed E-state index contributed by atoms with van der Waals surface area (Å²) in [5.74, 6) is -0.799. The number of hydrogen-bond donors (Lipinski definition) is 1. The maximum Gasteiger partial charge on any atom is 0.303 e. The van der Waals surface area contributed by atoms with E-state index in [1.165, 1.54) is 5.39 Å². The Balaban J connectivity index is 1.91. The van der Waals surface area contributed by atoms with Gasteiger partial charge in [0.15, 0.2) is 0 Å². The molecular weight excluding hydrogens is 312 g/mol. The van der Waals surface area contributed by atoms with E-state index in [1.807, 2.05) is 41.8 Å². The molecule has 0 aliphatic rings. The SMILES string of the molecule is Cc1ccc2nc(-c3ccc4ccccc4c3)c(CCC(=O)O)n2c1. The molecule has 2 heterocycles. The van der Waals surface area contributed by atoms with Gasteiger partial charge in [0.25, 0.3) is 0 Å². The van der Waals surface area contributed by atoms with Gasteiger partial charge in [-0.15, -0.1) is 0 Å². The standard InChI is InChI=1S/C21H18N2O2/c1-14-6-10-19-22-21(18(23(19)13-14)9-11-20(24)25)17-8-7-15-4-2-3-5-16(15)12-17/h2-8,10,12-13H,9,11H2,1H3,(H,24,25). The summed E-state index contributed by atoms with van der Waals surface area (Å²) >= 11 is 0. The lowest BCUT2D eigenvalue weighted by Gasteiger charge is -2.06. The van der Waals surface area contributed by atoms with Crippen molar-refractivity contribution in [1.29, 1.82) is 0 Å². The van der Waals surface area contributed by atoms with Crippen molar-refractivity contribution in [3.8, 4) is 11.3 Å². The number of aryl methyl sites for hydroxylation is 2. The molecule has 0 aliphatic heterocycles. The van der Waals surface area contributed by atoms with Crippen LogP contribution >= 0.6 is 0 Å². The summed E-state index contributed by atoms with van der Waals surface area (Å²) < 4.78 is 2.02. The van der Waals surface area contributed by atoms with Gasteiger partial charge in [0.1, 0.15) is 5.65 Å². The molecule has 4 heteroatoms. The first kappa shape index (κ1) is 15.4. The van der Waals surface area contributed by atoms with Gasteiger partial charge in [0.2, 0.25) is 0 Å². The maximum atomic E-state index is 11.1. The van der Waals surface area contributed by atoms with Gasteiger partial charge in [0.05, 0.1) is 17.8 Å². The third kappa shape index (κ3) is 2.87. The average Bonchev–Trinajstić information content (AvgIpc) is 2.97. The van der Waals surface area contributed by atoms with Crippen LogP contribution in [0, 0.1) is 6.92 Å². The van der Waals surface area contributed by atoms with Crippen LogP contribution in [0.3, 0.4) is 0 Å². The molecule has 0 fully saturated rings. The fourth-order valence-electron chi connectivity index (χ4n) is 3.23. The summed E-state index contributed by atoms with van der Waals surface area (Å²) in [6.07, 6.45) is 2.55. The van der Waals surface area contributed by atoms with Crippen molar-refractivity contribution in [2.24, 2.45) is 0 Å². The Kier molecular flexibility index (Phi) is 3.73. The quantitative estimate of drug-likeness (QED) is 0.600. The number of aliphatic carboxylic acids is 1. The monoisotopic (exact) mass is 330 g/mol. The second kappa shape index (κ2) is 6.06. The molecule has 0 saturated heterocycles. The predicted octanol–water partition coefficient (Wildman–Crippen LogP) is 4.48. The molecule has 4 aromatic rings. The fourth-order valence-corrected chi connectivity index (χ4v) is 3.23. The molecule has 0 saturated carbocycles. The Morgan fingerprint density at radius 1 is 1.08 bits per heavy atom. The van der Waals surface area contributed by atoms with Crippen LogP contribution in [-0.4, -0.2) is 20.5 Å². The molecule has 0 aliphatic carbocycles. The lowest BCUT2D eigenvalue weighted by Crippen LogP contribution is -2.01. The molecule has 124 valence electrons. The van der Waals surface area contributed by atoms with E-state index in [2.05, 4.69) is 30.3 Å². The number of carboxylic acid groups (broad SMARTS) is 1. The maximum absolute atomic E-state index is 11.1. The number of aromatic nitrogens is 2. The first-order valence-corrected chi connectivity index (χ1v) is 8.30. The smallest absolute Gasteiger partial charge is 0.303 e. The zero-order valence-electron chi connectivity index (χ0n) is 13.9. The minimum atomic E-state index is -0.799. The highest BCUT2D eigenvalue weighted by Gasteiger charge is 2.15. The molecule has 2 aromatic carbocycles. The summed E-state index contributed by atoms with van der Waals surface area (Å²) in [6, 6.07) is 18.5. The zero-order chi connectivity index (χ0) is 17.4. The van der Waals surface area contributed by atoms with E-state index >= 15 is 0 Å². The van der Waals surface area contributed by atoms with E-state index < -0.39 is 5.97 Å². The van der Waals surface area contributed by atoms with Gasteiger partial charge in [-0.1, -0.05) is 42.5 Å². The van der Waals surface area contributed by atoms with Gasteiger partial charge in [-0.25, -0.2) is 4.98 Å². The lowest BCUT2D eigenvalue weighted by atomic mass is 10.0. The third-order valence-electron chi connectivity index (χ3n) is 4.46. The normalized spacial score (nSPS) is 11.2. The minimum Gasteiger partial charge on any atom is -0.481 e. The first-order chi connectivity index (χ1) is 12.1. The second-order valence-electron chi connectivity index (χ2n) is 6.30. The number of pyridine rings is 1. The molecule has 0 radical (unpaired) electrons. The first-order valence-electron chi connectivity index (χ1n) is 8.30. The van der Waals surface area contributed by atoms with Crippen LogP contribution < -0.4 is 0 Å². The topological polar surface area (TPSA) is 54.6 Å². The van der Waals surface area contributed by atoms with Crippen LogP contribution in [0.2, 0.25) is 0 Å². The number of hydrogen-bond acceptors (Lipinski definition) is 2. The van der Waals surface area contributed by atoms with Crippen molar-refractivity contribution < 1.29 is 9.90 Å². The largest absolute Gasteiger partial charge is 0.481 e. The number of rotatable bonds is 4. The average molecular weight is 330 g/mol. The van der Waals surface area contributed by atoms with Crippen LogP contribution in [0.1, 0.15) is 17.7 Å². The number of fused-ring (bicyclic) bond motifs is 2. The van der Waals surface area contributed by atoms with Crippen LogP contribution in [0.15, 0.2) is 60.8 Å². The van der Waals surface area contributed by atoms with E-state index in [0.717, 1.165) is 33.5 Å². The molecule has 4 nitrogen and oxygen atoms in total. The van der Waals surface area contributed by atoms with Crippen molar-refractivity contribution in [1.82, 2.24) is 9.38 Å². The molecule has 0 atom stereocenters. The van der Waals surface area contributed by atoms with Crippen molar-refractivity contribution in [2.75, 3.05) is 0 Å². The van der Waals surface area contributed by atoms with Crippen LogP contribution in [0.4, 0.5) is 0 Å². The fraction of sp³-hybridized carbons (Fsp3) is 0.143. The molecule has 0 bridgehead atoms. The van der Waals surface area contributed by atoms with Gasteiger partial charge >= 0.3 is 5.97 Å². The zero-order valence-corrected chi connectivity index (χ0v) is 13.9. The van der Waals surface area contributed by atoms with Crippen LogP contribution in [-0.2, 0) is 11.2 Å². The van der Waals surface area contributed by atoms with Gasteiger partial charge in [-0.05, 0) is 35.4 Å². The van der Waals surface area contributed by atoms with E-state index in [1.54, 1.807) is 0 Å². The summed E-state index contributed by atoms with van der Waals surface area (Å²) in [6.45, 7) is 2.02. The van der Waals surface area contributed by atoms with E-state index in [4.69, 9.17) is 10.1 Å². The summed E-state index contributed by atoms with van der Waals surface area (Å²) in [4.78, 5) is 15.9. The molecular formula is C21H18N2O2. The molecule has 0 spiro atoms. The number of nitrogens with zero attached hydrogens (tertiary/aromatic N) is 2. The molecule has 25 heavy (non-hydrogen) atoms. The highest BCUT2D eigenvalue weighted by Crippen LogP contribution is 2.28. The van der Waals surface area contributed by atoms with Crippen molar-refractivity contribution in [3.63, 3.8) is 0 Å². The molecule has 1 N–H and O–H groups in total. The highest BCUT2D eigenvalue weighted by atomic mass is 16.4. The minimum absolute atomic E-state index is 0.0856. The highest BCUT2D eigenvalue weighted by molar-refractivity contribution is 5.87. The number of carbonyl (C=O) groups is 1. The van der Waals surface area contributed by atoms with E-state index in [-0.39, 0.29) is 6.42 Å². The predicted molar refractivity (Wildman–Crippen MR) is 98.8 cm³/mol.